The van der Waals surface area contributed by atoms with Gasteiger partial charge < -0.3 is 0 Å². The molecule has 2 heterocycles. The van der Waals surface area contributed by atoms with Crippen molar-refractivity contribution in [2.75, 3.05) is 32.4 Å². The number of likely N-dealkylation sites (tertiary alicyclic amines) is 1. The van der Waals surface area contributed by atoms with Crippen molar-refractivity contribution in [3.05, 3.63) is 71.8 Å². The molecule has 0 aliphatic carbocycles. The summed E-state index contributed by atoms with van der Waals surface area (Å²) in [5.74, 6) is 1.33. The van der Waals surface area contributed by atoms with Crippen molar-refractivity contribution in [1.82, 2.24) is 9.21 Å². The number of piperidine rings is 1. The Bertz CT molecular complexity index is 801. The minimum atomic E-state index is -3.04. The maximum Gasteiger partial charge on any atom is 0.211 e. The first-order valence-electron chi connectivity index (χ1n) is 9.81. The van der Waals surface area contributed by atoms with E-state index in [4.69, 9.17) is 0 Å². The van der Waals surface area contributed by atoms with Gasteiger partial charge in [0.1, 0.15) is 0 Å². The van der Waals surface area contributed by atoms with Crippen LogP contribution in [0.1, 0.15) is 30.0 Å². The summed E-state index contributed by atoms with van der Waals surface area (Å²) in [6.07, 6.45) is 3.31. The zero-order valence-corrected chi connectivity index (χ0v) is 16.7. The minimum Gasteiger partial charge on any atom is -0.292 e. The molecule has 2 saturated heterocycles. The number of hydrogen-bond donors (Lipinski definition) is 0. The maximum absolute atomic E-state index is 11.7. The minimum absolute atomic E-state index is 0.305. The molecule has 0 N–H and O–H groups in total. The number of sulfonamides is 1. The summed E-state index contributed by atoms with van der Waals surface area (Å²) in [7, 11) is -3.04. The van der Waals surface area contributed by atoms with Crippen LogP contribution in [0.15, 0.2) is 60.7 Å². The molecular formula is C22H28N2O2S. The van der Waals surface area contributed by atoms with Crippen LogP contribution in [0, 0.1) is 11.8 Å². The Kier molecular flexibility index (Phi) is 5.35. The van der Waals surface area contributed by atoms with Crippen LogP contribution < -0.4 is 0 Å². The van der Waals surface area contributed by atoms with Crippen LogP contribution in [-0.4, -0.2) is 50.1 Å². The molecule has 2 fully saturated rings. The lowest BCUT2D eigenvalue weighted by atomic mass is 9.78. The Morgan fingerprint density at radius 3 is 1.74 bits per heavy atom. The second-order valence-corrected chi connectivity index (χ2v) is 9.92. The SMILES string of the molecule is CS(=O)(=O)N1CCC(C2CN(C(c3ccccc3)c3ccccc3)C2)CC1. The first-order chi connectivity index (χ1) is 13.0. The standard InChI is InChI=1S/C22H28N2O2S/c1-27(25,26)24-14-12-18(13-15-24)21-16-23(17-21)22(19-8-4-2-5-9-19)20-10-6-3-7-11-20/h2-11,18,21-22H,12-17H2,1H3. The molecule has 2 aromatic carbocycles. The third-order valence-electron chi connectivity index (χ3n) is 6.17. The third kappa shape index (κ3) is 4.10. The van der Waals surface area contributed by atoms with Gasteiger partial charge in [-0.25, -0.2) is 12.7 Å². The van der Waals surface area contributed by atoms with Crippen molar-refractivity contribution in [3.63, 3.8) is 0 Å². The Morgan fingerprint density at radius 2 is 1.30 bits per heavy atom. The molecule has 0 spiro atoms. The molecule has 5 heteroatoms. The lowest BCUT2D eigenvalue weighted by Crippen LogP contribution is -2.53. The largest absolute Gasteiger partial charge is 0.292 e. The second-order valence-electron chi connectivity index (χ2n) is 7.94. The molecule has 2 aliphatic heterocycles. The van der Waals surface area contributed by atoms with Crippen molar-refractivity contribution < 1.29 is 8.42 Å². The van der Waals surface area contributed by atoms with Crippen molar-refractivity contribution in [2.45, 2.75) is 18.9 Å². The lowest BCUT2D eigenvalue weighted by Gasteiger charge is -2.49. The van der Waals surface area contributed by atoms with Gasteiger partial charge >= 0.3 is 0 Å². The lowest BCUT2D eigenvalue weighted by molar-refractivity contribution is 0.0163. The van der Waals surface area contributed by atoms with Gasteiger partial charge in [0.25, 0.3) is 0 Å². The molecular weight excluding hydrogens is 356 g/mol. The summed E-state index contributed by atoms with van der Waals surface area (Å²) in [5.41, 5.74) is 2.68. The summed E-state index contributed by atoms with van der Waals surface area (Å²) < 4.78 is 25.1. The molecule has 4 nitrogen and oxygen atoms in total. The molecule has 0 unspecified atom stereocenters. The smallest absolute Gasteiger partial charge is 0.211 e. The molecule has 144 valence electrons. The fraction of sp³-hybridized carbons (Fsp3) is 0.455. The Labute approximate surface area is 162 Å². The van der Waals surface area contributed by atoms with Gasteiger partial charge in [-0.15, -0.1) is 0 Å². The van der Waals surface area contributed by atoms with Crippen LogP contribution in [0.3, 0.4) is 0 Å². The number of benzene rings is 2. The first kappa shape index (κ1) is 18.7. The van der Waals surface area contributed by atoms with Gasteiger partial charge in [-0.2, -0.15) is 0 Å². The van der Waals surface area contributed by atoms with Gasteiger partial charge in [-0.1, -0.05) is 60.7 Å². The average molecular weight is 385 g/mol. The highest BCUT2D eigenvalue weighted by molar-refractivity contribution is 7.88. The fourth-order valence-electron chi connectivity index (χ4n) is 4.62. The summed E-state index contributed by atoms with van der Waals surface area (Å²) in [6, 6.07) is 21.8. The van der Waals surface area contributed by atoms with Gasteiger partial charge in [-0.05, 0) is 35.8 Å². The second kappa shape index (κ2) is 7.74. The van der Waals surface area contributed by atoms with E-state index in [0.29, 0.717) is 31.0 Å². The number of nitrogens with zero attached hydrogens (tertiary/aromatic N) is 2. The molecule has 0 radical (unpaired) electrons. The molecule has 0 saturated carbocycles. The monoisotopic (exact) mass is 384 g/mol. The molecule has 27 heavy (non-hydrogen) atoms. The van der Waals surface area contributed by atoms with E-state index in [0.717, 1.165) is 25.9 Å². The average Bonchev–Trinajstić information content (AvgIpc) is 2.65. The van der Waals surface area contributed by atoms with Crippen LogP contribution in [0.2, 0.25) is 0 Å². The highest BCUT2D eigenvalue weighted by atomic mass is 32.2. The van der Waals surface area contributed by atoms with Crippen molar-refractivity contribution in [2.24, 2.45) is 11.8 Å². The van der Waals surface area contributed by atoms with Gasteiger partial charge in [-0.3, -0.25) is 4.90 Å². The third-order valence-corrected chi connectivity index (χ3v) is 7.47. The molecule has 4 rings (SSSR count). The van der Waals surface area contributed by atoms with Crippen molar-refractivity contribution in [3.8, 4) is 0 Å². The molecule has 2 aliphatic rings. The van der Waals surface area contributed by atoms with E-state index >= 15 is 0 Å². The van der Waals surface area contributed by atoms with E-state index in [1.54, 1.807) is 4.31 Å². The number of rotatable bonds is 5. The van der Waals surface area contributed by atoms with Gasteiger partial charge in [0.2, 0.25) is 10.0 Å². The van der Waals surface area contributed by atoms with Gasteiger partial charge in [0.15, 0.2) is 0 Å². The van der Waals surface area contributed by atoms with Crippen LogP contribution in [0.25, 0.3) is 0 Å². The van der Waals surface area contributed by atoms with Gasteiger partial charge in [0, 0.05) is 26.2 Å². The van der Waals surface area contributed by atoms with Crippen molar-refractivity contribution >= 4 is 10.0 Å². The zero-order valence-electron chi connectivity index (χ0n) is 15.9. The summed E-state index contributed by atoms with van der Waals surface area (Å²) in [6.45, 7) is 3.55. The van der Waals surface area contributed by atoms with E-state index in [1.165, 1.54) is 17.4 Å². The molecule has 0 bridgehead atoms. The van der Waals surface area contributed by atoms with E-state index in [1.807, 2.05) is 0 Å². The quantitative estimate of drug-likeness (QED) is 0.793. The van der Waals surface area contributed by atoms with Crippen molar-refractivity contribution in [1.29, 1.82) is 0 Å². The Morgan fingerprint density at radius 1 is 0.815 bits per heavy atom. The predicted molar refractivity (Wildman–Crippen MR) is 109 cm³/mol. The molecule has 0 atom stereocenters. The highest BCUT2D eigenvalue weighted by Gasteiger charge is 2.39. The Hall–Kier alpha value is -1.69. The first-order valence-corrected chi connectivity index (χ1v) is 11.7. The molecule has 2 aromatic rings. The molecule has 0 aromatic heterocycles. The summed E-state index contributed by atoms with van der Waals surface area (Å²) in [4.78, 5) is 2.57. The maximum atomic E-state index is 11.7. The van der Waals surface area contributed by atoms with E-state index in [2.05, 4.69) is 65.6 Å². The van der Waals surface area contributed by atoms with E-state index in [-0.39, 0.29) is 0 Å². The normalized spacial score (nSPS) is 20.7. The fourth-order valence-corrected chi connectivity index (χ4v) is 5.50. The predicted octanol–water partition coefficient (Wildman–Crippen LogP) is 3.38. The van der Waals surface area contributed by atoms with Crippen LogP contribution in [0.5, 0.6) is 0 Å². The van der Waals surface area contributed by atoms with Crippen LogP contribution in [0.4, 0.5) is 0 Å². The summed E-state index contributed by atoms with van der Waals surface area (Å²) in [5, 5.41) is 0. The Balaban J connectivity index is 1.42. The van der Waals surface area contributed by atoms with E-state index < -0.39 is 10.0 Å². The van der Waals surface area contributed by atoms with E-state index in [9.17, 15) is 8.42 Å². The summed E-state index contributed by atoms with van der Waals surface area (Å²) >= 11 is 0. The topological polar surface area (TPSA) is 40.6 Å². The van der Waals surface area contributed by atoms with Gasteiger partial charge in [0.05, 0.1) is 12.3 Å². The van der Waals surface area contributed by atoms with Crippen LogP contribution >= 0.6 is 0 Å². The molecule has 0 amide bonds. The highest BCUT2D eigenvalue weighted by Crippen LogP contribution is 2.39. The number of hydrogen-bond acceptors (Lipinski definition) is 3. The van der Waals surface area contributed by atoms with Crippen LogP contribution in [-0.2, 0) is 10.0 Å². The zero-order chi connectivity index (χ0) is 18.9.